The van der Waals surface area contributed by atoms with Crippen LogP contribution in [0.25, 0.3) is 0 Å². The summed E-state index contributed by atoms with van der Waals surface area (Å²) in [6, 6.07) is 2.70. The van der Waals surface area contributed by atoms with Crippen LogP contribution in [-0.4, -0.2) is 37.8 Å². The van der Waals surface area contributed by atoms with E-state index in [-0.39, 0.29) is 0 Å². The average Bonchev–Trinajstić information content (AvgIpc) is 3.20. The summed E-state index contributed by atoms with van der Waals surface area (Å²) < 4.78 is 5.34. The van der Waals surface area contributed by atoms with Crippen molar-refractivity contribution in [3.63, 3.8) is 0 Å². The van der Waals surface area contributed by atoms with E-state index >= 15 is 0 Å². The van der Waals surface area contributed by atoms with Crippen molar-refractivity contribution >= 4 is 17.4 Å². The van der Waals surface area contributed by atoms with Crippen LogP contribution in [0.3, 0.4) is 0 Å². The van der Waals surface area contributed by atoms with Gasteiger partial charge in [-0.25, -0.2) is 4.98 Å². The van der Waals surface area contributed by atoms with E-state index in [0.29, 0.717) is 17.7 Å². The van der Waals surface area contributed by atoms with Gasteiger partial charge in [0.15, 0.2) is 0 Å². The number of rotatable bonds is 8. The van der Waals surface area contributed by atoms with Crippen LogP contribution in [-0.2, 0) is 11.3 Å². The summed E-state index contributed by atoms with van der Waals surface area (Å²) in [5.41, 5.74) is 1.14. The highest BCUT2D eigenvalue weighted by Crippen LogP contribution is 2.24. The summed E-state index contributed by atoms with van der Waals surface area (Å²) in [6.45, 7) is 5.06. The lowest BCUT2D eigenvalue weighted by atomic mass is 10.2. The van der Waals surface area contributed by atoms with Gasteiger partial charge in [0.2, 0.25) is 0 Å². The first-order valence-electron chi connectivity index (χ1n) is 6.87. The number of nitrogens with zero attached hydrogens (tertiary/aromatic N) is 2. The Labute approximate surface area is 120 Å². The van der Waals surface area contributed by atoms with E-state index in [1.807, 2.05) is 31.1 Å². The van der Waals surface area contributed by atoms with Gasteiger partial charge in [-0.3, -0.25) is 0 Å². The van der Waals surface area contributed by atoms with Crippen molar-refractivity contribution in [1.82, 2.24) is 10.3 Å². The molecule has 2 rings (SSSR count). The molecule has 1 aliphatic carbocycles. The fraction of sp³-hybridized carbons (Fsp3) is 0.643. The molecule has 0 amide bonds. The number of anilines is 1. The van der Waals surface area contributed by atoms with Crippen molar-refractivity contribution in [2.24, 2.45) is 0 Å². The molecule has 0 bridgehead atoms. The minimum atomic E-state index is 0.690. The molecule has 106 valence electrons. The minimum Gasteiger partial charge on any atom is -0.380 e. The molecule has 1 N–H and O–H groups in total. The highest BCUT2D eigenvalue weighted by Gasteiger charge is 2.20. The highest BCUT2D eigenvalue weighted by molar-refractivity contribution is 6.33. The first-order valence-corrected chi connectivity index (χ1v) is 7.25. The molecule has 1 heterocycles. The smallest absolute Gasteiger partial charge is 0.147 e. The fourth-order valence-electron chi connectivity index (χ4n) is 1.85. The number of ether oxygens (including phenoxy) is 1. The fourth-order valence-corrected chi connectivity index (χ4v) is 2.18. The van der Waals surface area contributed by atoms with Crippen LogP contribution in [0.1, 0.15) is 25.3 Å². The number of pyridine rings is 1. The number of hydrogen-bond donors (Lipinski definition) is 1. The zero-order chi connectivity index (χ0) is 13.7. The monoisotopic (exact) mass is 283 g/mol. The van der Waals surface area contributed by atoms with Gasteiger partial charge in [0.25, 0.3) is 0 Å². The molecule has 0 aromatic carbocycles. The summed E-state index contributed by atoms with van der Waals surface area (Å²) in [6.07, 6.45) is 4.48. The number of aromatic nitrogens is 1. The zero-order valence-corrected chi connectivity index (χ0v) is 12.4. The normalized spacial score (nSPS) is 14.7. The van der Waals surface area contributed by atoms with Crippen LogP contribution in [0.5, 0.6) is 0 Å². The van der Waals surface area contributed by atoms with Gasteiger partial charge in [-0.15, -0.1) is 0 Å². The molecule has 0 spiro atoms. The molecule has 1 saturated carbocycles. The molecule has 0 saturated heterocycles. The summed E-state index contributed by atoms with van der Waals surface area (Å²) in [5.74, 6) is 0.816. The predicted molar refractivity (Wildman–Crippen MR) is 78.9 cm³/mol. The Hall–Kier alpha value is -0.840. The van der Waals surface area contributed by atoms with Crippen molar-refractivity contribution in [1.29, 1.82) is 0 Å². The van der Waals surface area contributed by atoms with E-state index in [2.05, 4.69) is 10.3 Å². The second kappa shape index (κ2) is 7.08. The van der Waals surface area contributed by atoms with Crippen LogP contribution >= 0.6 is 11.6 Å². The molecule has 0 atom stereocenters. The first kappa shape index (κ1) is 14.6. The summed E-state index contributed by atoms with van der Waals surface area (Å²) in [7, 11) is 1.98. The Kier molecular flexibility index (Phi) is 5.43. The molecule has 1 aliphatic rings. The van der Waals surface area contributed by atoms with Crippen molar-refractivity contribution < 1.29 is 4.74 Å². The van der Waals surface area contributed by atoms with Gasteiger partial charge in [-0.1, -0.05) is 11.6 Å². The molecule has 1 aromatic rings. The van der Waals surface area contributed by atoms with Crippen molar-refractivity contribution in [3.05, 3.63) is 22.8 Å². The second-order valence-corrected chi connectivity index (χ2v) is 5.33. The summed E-state index contributed by atoms with van der Waals surface area (Å²) >= 11 is 6.30. The van der Waals surface area contributed by atoms with Gasteiger partial charge in [0, 0.05) is 39.0 Å². The third-order valence-corrected chi connectivity index (χ3v) is 3.47. The lowest BCUT2D eigenvalue weighted by Gasteiger charge is -2.19. The molecule has 19 heavy (non-hydrogen) atoms. The van der Waals surface area contributed by atoms with Crippen molar-refractivity contribution in [2.45, 2.75) is 32.4 Å². The largest absolute Gasteiger partial charge is 0.380 e. The highest BCUT2D eigenvalue weighted by atomic mass is 35.5. The molecule has 4 nitrogen and oxygen atoms in total. The Morgan fingerprint density at radius 2 is 2.32 bits per heavy atom. The lowest BCUT2D eigenvalue weighted by Crippen LogP contribution is -2.24. The van der Waals surface area contributed by atoms with Crippen LogP contribution in [0.2, 0.25) is 5.02 Å². The maximum absolute atomic E-state index is 6.30. The topological polar surface area (TPSA) is 37.4 Å². The standard InChI is InChI=1S/C14H22ClN3O/c1-3-19-7-6-18(2)14-13(15)8-11(10-17-14)9-16-12-4-5-12/h8,10,12,16H,3-7,9H2,1-2H3. The Morgan fingerprint density at radius 3 is 2.95 bits per heavy atom. The SMILES string of the molecule is CCOCCN(C)c1ncc(CNC2CC2)cc1Cl. The minimum absolute atomic E-state index is 0.690. The molecular weight excluding hydrogens is 262 g/mol. The molecular formula is C14H22ClN3O. The number of nitrogens with one attached hydrogen (secondary N) is 1. The van der Waals surface area contributed by atoms with Crippen LogP contribution in [0, 0.1) is 0 Å². The van der Waals surface area contributed by atoms with Crippen LogP contribution < -0.4 is 10.2 Å². The summed E-state index contributed by atoms with van der Waals surface area (Å²) in [4.78, 5) is 6.48. The number of hydrogen-bond acceptors (Lipinski definition) is 4. The maximum Gasteiger partial charge on any atom is 0.147 e. The van der Waals surface area contributed by atoms with Crippen molar-refractivity contribution in [3.8, 4) is 0 Å². The van der Waals surface area contributed by atoms with Crippen molar-refractivity contribution in [2.75, 3.05) is 31.7 Å². The van der Waals surface area contributed by atoms with E-state index < -0.39 is 0 Å². The summed E-state index contributed by atoms with van der Waals surface area (Å²) in [5, 5.41) is 4.16. The van der Waals surface area contributed by atoms with Gasteiger partial charge in [0.05, 0.1) is 11.6 Å². The zero-order valence-electron chi connectivity index (χ0n) is 11.7. The van der Waals surface area contributed by atoms with Gasteiger partial charge in [0.1, 0.15) is 5.82 Å². The molecule has 1 fully saturated rings. The van der Waals surface area contributed by atoms with E-state index in [0.717, 1.165) is 31.1 Å². The van der Waals surface area contributed by atoms with Gasteiger partial charge in [-0.05, 0) is 31.4 Å². The van der Waals surface area contributed by atoms with Gasteiger partial charge >= 0.3 is 0 Å². The number of likely N-dealkylation sites (N-methyl/N-ethyl adjacent to an activating group) is 1. The Morgan fingerprint density at radius 1 is 1.53 bits per heavy atom. The first-order chi connectivity index (χ1) is 9.20. The molecule has 0 aliphatic heterocycles. The predicted octanol–water partition coefficient (Wildman–Crippen LogP) is 2.46. The number of halogens is 1. The molecule has 5 heteroatoms. The second-order valence-electron chi connectivity index (χ2n) is 4.92. The van der Waals surface area contributed by atoms with E-state index in [4.69, 9.17) is 16.3 Å². The maximum atomic E-state index is 6.30. The lowest BCUT2D eigenvalue weighted by molar-refractivity contribution is 0.154. The van der Waals surface area contributed by atoms with E-state index in [9.17, 15) is 0 Å². The Bertz CT molecular complexity index is 410. The average molecular weight is 284 g/mol. The Balaban J connectivity index is 1.89. The van der Waals surface area contributed by atoms with Crippen LogP contribution in [0.15, 0.2) is 12.3 Å². The quantitative estimate of drug-likeness (QED) is 0.744. The third kappa shape index (κ3) is 4.64. The van der Waals surface area contributed by atoms with Gasteiger partial charge in [-0.2, -0.15) is 0 Å². The molecule has 1 aromatic heterocycles. The molecule has 0 radical (unpaired) electrons. The van der Waals surface area contributed by atoms with E-state index in [1.165, 1.54) is 12.8 Å². The van der Waals surface area contributed by atoms with Gasteiger partial charge < -0.3 is 15.0 Å². The molecule has 0 unspecified atom stereocenters. The van der Waals surface area contributed by atoms with E-state index in [1.54, 1.807) is 0 Å². The van der Waals surface area contributed by atoms with Crippen LogP contribution in [0.4, 0.5) is 5.82 Å². The third-order valence-electron chi connectivity index (χ3n) is 3.19.